The quantitative estimate of drug-likeness (QED) is 0.593. The van der Waals surface area contributed by atoms with Gasteiger partial charge in [0, 0.05) is 24.8 Å². The average Bonchev–Trinajstić information content (AvgIpc) is 2.66. The van der Waals surface area contributed by atoms with E-state index in [1.165, 1.54) is 31.2 Å². The summed E-state index contributed by atoms with van der Waals surface area (Å²) < 4.78 is 31.9. The molecule has 0 bridgehead atoms. The molecule has 0 heterocycles. The van der Waals surface area contributed by atoms with Crippen molar-refractivity contribution in [3.63, 3.8) is 0 Å². The van der Waals surface area contributed by atoms with Gasteiger partial charge in [0.1, 0.15) is 5.75 Å². The van der Waals surface area contributed by atoms with Crippen molar-refractivity contribution in [3.8, 4) is 5.75 Å². The van der Waals surface area contributed by atoms with Gasteiger partial charge in [-0.3, -0.25) is 9.59 Å². The predicted molar refractivity (Wildman–Crippen MR) is 107 cm³/mol. The van der Waals surface area contributed by atoms with E-state index in [-0.39, 0.29) is 23.3 Å². The van der Waals surface area contributed by atoms with Gasteiger partial charge >= 0.3 is 0 Å². The normalized spacial score (nSPS) is 10.9. The number of amides is 2. The average molecular weight is 405 g/mol. The van der Waals surface area contributed by atoms with Crippen molar-refractivity contribution in [2.24, 2.45) is 0 Å². The molecule has 0 unspecified atom stereocenters. The van der Waals surface area contributed by atoms with Crippen LogP contribution in [0.15, 0.2) is 53.4 Å². The number of sulfonamides is 1. The lowest BCUT2D eigenvalue weighted by Crippen LogP contribution is -2.24. The molecule has 0 atom stereocenters. The third-order valence-corrected chi connectivity index (χ3v) is 5.01. The maximum Gasteiger partial charge on any atom is 0.262 e. The highest BCUT2D eigenvalue weighted by Crippen LogP contribution is 2.17. The molecule has 2 amide bonds. The predicted octanol–water partition coefficient (Wildman–Crippen LogP) is 2.35. The Balaban J connectivity index is 1.86. The molecule has 0 radical (unpaired) electrons. The topological polar surface area (TPSA) is 114 Å². The van der Waals surface area contributed by atoms with E-state index in [0.29, 0.717) is 30.1 Å². The molecule has 0 spiro atoms. The molecule has 0 aliphatic carbocycles. The maximum atomic E-state index is 12.0. The molecule has 3 N–H and O–H groups in total. The molecule has 0 fully saturated rings. The molecule has 2 aromatic rings. The van der Waals surface area contributed by atoms with E-state index in [2.05, 4.69) is 15.4 Å². The van der Waals surface area contributed by atoms with E-state index in [4.69, 9.17) is 4.74 Å². The van der Waals surface area contributed by atoms with E-state index >= 15 is 0 Å². The smallest absolute Gasteiger partial charge is 0.262 e. The van der Waals surface area contributed by atoms with Crippen LogP contribution in [0.4, 0.5) is 11.4 Å². The summed E-state index contributed by atoms with van der Waals surface area (Å²) in [6, 6.07) is 12.5. The maximum absolute atomic E-state index is 12.0. The first-order valence-corrected chi connectivity index (χ1v) is 10.2. The standard InChI is InChI=1S/C19H23N3O5S/c1-3-12-20-28(25,26)18-10-8-17(9-11-18)27-13-19(24)22-16-6-4-15(5-7-16)21-14(2)23/h4-11,20H,3,12-13H2,1-2H3,(H,21,23)(H,22,24). The Labute approximate surface area is 164 Å². The van der Waals surface area contributed by atoms with Crippen molar-refractivity contribution in [3.05, 3.63) is 48.5 Å². The summed E-state index contributed by atoms with van der Waals surface area (Å²) in [4.78, 5) is 23.1. The van der Waals surface area contributed by atoms with Crippen molar-refractivity contribution in [1.82, 2.24) is 4.72 Å². The Bertz CT molecular complexity index is 910. The van der Waals surface area contributed by atoms with Crippen LogP contribution in [0, 0.1) is 0 Å². The largest absolute Gasteiger partial charge is 0.484 e. The van der Waals surface area contributed by atoms with Crippen LogP contribution in [0.3, 0.4) is 0 Å². The van der Waals surface area contributed by atoms with Crippen LogP contribution in [-0.4, -0.2) is 33.4 Å². The number of benzene rings is 2. The summed E-state index contributed by atoms with van der Waals surface area (Å²) in [7, 11) is -3.53. The molecule has 28 heavy (non-hydrogen) atoms. The number of nitrogens with one attached hydrogen (secondary N) is 3. The molecule has 9 heteroatoms. The van der Waals surface area contributed by atoms with Crippen LogP contribution >= 0.6 is 0 Å². The van der Waals surface area contributed by atoms with Gasteiger partial charge in [0.25, 0.3) is 5.91 Å². The fourth-order valence-corrected chi connectivity index (χ4v) is 3.35. The Morgan fingerprint density at radius 1 is 0.929 bits per heavy atom. The zero-order chi connectivity index (χ0) is 20.6. The first-order valence-electron chi connectivity index (χ1n) is 8.70. The summed E-state index contributed by atoms with van der Waals surface area (Å²) in [5.41, 5.74) is 1.19. The summed E-state index contributed by atoms with van der Waals surface area (Å²) >= 11 is 0. The molecule has 150 valence electrons. The number of hydrogen-bond donors (Lipinski definition) is 3. The molecule has 2 rings (SSSR count). The van der Waals surface area contributed by atoms with Gasteiger partial charge in [-0.2, -0.15) is 0 Å². The SMILES string of the molecule is CCCNS(=O)(=O)c1ccc(OCC(=O)Nc2ccc(NC(C)=O)cc2)cc1. The minimum Gasteiger partial charge on any atom is -0.484 e. The lowest BCUT2D eigenvalue weighted by Gasteiger charge is -2.09. The minimum atomic E-state index is -3.53. The number of hydrogen-bond acceptors (Lipinski definition) is 5. The van der Waals surface area contributed by atoms with Gasteiger partial charge in [0.05, 0.1) is 4.90 Å². The van der Waals surface area contributed by atoms with Crippen molar-refractivity contribution in [1.29, 1.82) is 0 Å². The molecule has 0 saturated heterocycles. The van der Waals surface area contributed by atoms with E-state index in [1.54, 1.807) is 24.3 Å². The molecule has 0 aromatic heterocycles. The number of carbonyl (C=O) groups is 2. The van der Waals surface area contributed by atoms with Gasteiger partial charge in [-0.25, -0.2) is 13.1 Å². The zero-order valence-corrected chi connectivity index (χ0v) is 16.5. The second-order valence-electron chi connectivity index (χ2n) is 5.96. The Kier molecular flexibility index (Phi) is 7.53. The zero-order valence-electron chi connectivity index (χ0n) is 15.7. The number of anilines is 2. The Hall–Kier alpha value is -2.91. The minimum absolute atomic E-state index is 0.136. The summed E-state index contributed by atoms with van der Waals surface area (Å²) in [5, 5.41) is 5.30. The second-order valence-corrected chi connectivity index (χ2v) is 7.73. The molecular weight excluding hydrogens is 382 g/mol. The molecule has 0 saturated carbocycles. The van der Waals surface area contributed by atoms with Crippen LogP contribution in [0.2, 0.25) is 0 Å². The molecule has 2 aromatic carbocycles. The summed E-state index contributed by atoms with van der Waals surface area (Å²) in [5.74, 6) is -0.163. The van der Waals surface area contributed by atoms with Crippen molar-refractivity contribution in [2.45, 2.75) is 25.2 Å². The van der Waals surface area contributed by atoms with Gasteiger partial charge in [-0.15, -0.1) is 0 Å². The third-order valence-electron chi connectivity index (χ3n) is 3.54. The van der Waals surface area contributed by atoms with Gasteiger partial charge in [-0.1, -0.05) is 6.92 Å². The lowest BCUT2D eigenvalue weighted by molar-refractivity contribution is -0.118. The van der Waals surface area contributed by atoms with Gasteiger partial charge in [0.2, 0.25) is 15.9 Å². The van der Waals surface area contributed by atoms with Crippen LogP contribution in [0.5, 0.6) is 5.75 Å². The van der Waals surface area contributed by atoms with E-state index in [9.17, 15) is 18.0 Å². The van der Waals surface area contributed by atoms with E-state index in [0.717, 1.165) is 0 Å². The lowest BCUT2D eigenvalue weighted by atomic mass is 10.2. The van der Waals surface area contributed by atoms with Gasteiger partial charge < -0.3 is 15.4 Å². The highest BCUT2D eigenvalue weighted by Gasteiger charge is 2.13. The van der Waals surface area contributed by atoms with Crippen LogP contribution in [-0.2, 0) is 19.6 Å². The number of ether oxygens (including phenoxy) is 1. The fraction of sp³-hybridized carbons (Fsp3) is 0.263. The molecular formula is C19H23N3O5S. The molecule has 8 nitrogen and oxygen atoms in total. The van der Waals surface area contributed by atoms with Crippen LogP contribution in [0.1, 0.15) is 20.3 Å². The monoisotopic (exact) mass is 405 g/mol. The van der Waals surface area contributed by atoms with E-state index in [1.807, 2.05) is 6.92 Å². The summed E-state index contributed by atoms with van der Waals surface area (Å²) in [6.45, 7) is 3.43. The first kappa shape index (κ1) is 21.4. The van der Waals surface area contributed by atoms with E-state index < -0.39 is 10.0 Å². The first-order chi connectivity index (χ1) is 13.3. The highest BCUT2D eigenvalue weighted by atomic mass is 32.2. The Morgan fingerprint density at radius 3 is 2.04 bits per heavy atom. The fourth-order valence-electron chi connectivity index (χ4n) is 2.22. The van der Waals surface area contributed by atoms with Crippen molar-refractivity contribution >= 4 is 33.2 Å². The summed E-state index contributed by atoms with van der Waals surface area (Å²) in [6.07, 6.45) is 0.700. The van der Waals surface area contributed by atoms with Crippen LogP contribution in [0.25, 0.3) is 0 Å². The number of carbonyl (C=O) groups excluding carboxylic acids is 2. The van der Waals surface area contributed by atoms with Crippen LogP contribution < -0.4 is 20.1 Å². The number of rotatable bonds is 9. The Morgan fingerprint density at radius 2 is 1.50 bits per heavy atom. The van der Waals surface area contributed by atoms with Gasteiger partial charge in [0.15, 0.2) is 6.61 Å². The van der Waals surface area contributed by atoms with Crippen molar-refractivity contribution in [2.75, 3.05) is 23.8 Å². The highest BCUT2D eigenvalue weighted by molar-refractivity contribution is 7.89. The molecule has 0 aliphatic heterocycles. The second kappa shape index (κ2) is 9.86. The van der Waals surface area contributed by atoms with Crippen molar-refractivity contribution < 1.29 is 22.7 Å². The molecule has 0 aliphatic rings. The van der Waals surface area contributed by atoms with Gasteiger partial charge in [-0.05, 0) is 55.0 Å². The third kappa shape index (κ3) is 6.67.